The van der Waals surface area contributed by atoms with Gasteiger partial charge in [-0.25, -0.2) is 4.79 Å². The number of hydrogen-bond donors (Lipinski definition) is 2. The summed E-state index contributed by atoms with van der Waals surface area (Å²) in [5, 5.41) is 9.79. The van der Waals surface area contributed by atoms with Gasteiger partial charge < -0.3 is 19.6 Å². The zero-order valence-electron chi connectivity index (χ0n) is 16.3. The van der Waals surface area contributed by atoms with Crippen molar-refractivity contribution in [2.45, 2.75) is 38.0 Å². The number of carbonyl (C=O) groups excluding carboxylic acids is 2. The van der Waals surface area contributed by atoms with Crippen molar-refractivity contribution in [2.24, 2.45) is 0 Å². The van der Waals surface area contributed by atoms with E-state index in [1.54, 1.807) is 24.3 Å². The Kier molecular flexibility index (Phi) is 5.87. The zero-order chi connectivity index (χ0) is 20.9. The third kappa shape index (κ3) is 4.40. The van der Waals surface area contributed by atoms with Gasteiger partial charge in [0, 0.05) is 24.4 Å². The van der Waals surface area contributed by atoms with Gasteiger partial charge in [-0.3, -0.25) is 9.59 Å². The quantitative estimate of drug-likeness (QED) is 0.472. The van der Waals surface area contributed by atoms with Crippen LogP contribution >= 0.6 is 0 Å². The lowest BCUT2D eigenvalue weighted by Crippen LogP contribution is -2.36. The van der Waals surface area contributed by atoms with Crippen LogP contribution in [0.15, 0.2) is 44.1 Å². The lowest BCUT2D eigenvalue weighted by atomic mass is 9.89. The normalized spacial score (nSPS) is 14.5. The first-order valence-electron chi connectivity index (χ1n) is 10.0. The molecule has 9 heteroatoms. The van der Waals surface area contributed by atoms with Crippen LogP contribution in [0.1, 0.15) is 64.9 Å². The van der Waals surface area contributed by atoms with Gasteiger partial charge in [0.15, 0.2) is 5.82 Å². The van der Waals surface area contributed by atoms with E-state index < -0.39 is 17.4 Å². The Morgan fingerprint density at radius 2 is 1.77 bits per heavy atom. The van der Waals surface area contributed by atoms with Crippen LogP contribution in [-0.4, -0.2) is 35.0 Å². The summed E-state index contributed by atoms with van der Waals surface area (Å²) in [7, 11) is 0. The molecule has 1 fully saturated rings. The minimum atomic E-state index is -0.712. The van der Waals surface area contributed by atoms with E-state index in [4.69, 9.17) is 8.94 Å². The van der Waals surface area contributed by atoms with Gasteiger partial charge in [0.2, 0.25) is 0 Å². The molecule has 2 aromatic heterocycles. The summed E-state index contributed by atoms with van der Waals surface area (Å²) in [6.07, 6.45) is 5.51. The van der Waals surface area contributed by atoms with E-state index in [0.29, 0.717) is 16.8 Å². The molecule has 3 aromatic rings. The molecule has 4 rings (SSSR count). The predicted octanol–water partition coefficient (Wildman–Crippen LogP) is 2.38. The smallest absolute Gasteiger partial charge is 0.349 e. The highest BCUT2D eigenvalue weighted by Gasteiger charge is 2.23. The highest BCUT2D eigenvalue weighted by Crippen LogP contribution is 2.30. The third-order valence-corrected chi connectivity index (χ3v) is 5.19. The number of nitrogens with zero attached hydrogens (tertiary/aromatic N) is 2. The first-order valence-corrected chi connectivity index (χ1v) is 10.0. The molecule has 2 amide bonds. The largest absolute Gasteiger partial charge is 0.422 e. The predicted molar refractivity (Wildman–Crippen MR) is 107 cm³/mol. The average Bonchev–Trinajstić information content (AvgIpc) is 3.27. The van der Waals surface area contributed by atoms with E-state index >= 15 is 0 Å². The zero-order valence-corrected chi connectivity index (χ0v) is 16.3. The maximum absolute atomic E-state index is 12.3. The SMILES string of the molecule is O=C(NCCNC(=O)c1cc2ccccc2oc1=O)c1nc(C2CCCCC2)no1. The Labute approximate surface area is 171 Å². The first kappa shape index (κ1) is 19.8. The van der Waals surface area contributed by atoms with Crippen LogP contribution in [-0.2, 0) is 0 Å². The van der Waals surface area contributed by atoms with E-state index in [0.717, 1.165) is 25.7 Å². The molecule has 0 radical (unpaired) electrons. The fourth-order valence-corrected chi connectivity index (χ4v) is 3.60. The van der Waals surface area contributed by atoms with E-state index in [1.807, 2.05) is 0 Å². The number of benzene rings is 1. The summed E-state index contributed by atoms with van der Waals surface area (Å²) in [4.78, 5) is 40.7. The lowest BCUT2D eigenvalue weighted by Gasteiger charge is -2.17. The Morgan fingerprint density at radius 3 is 2.57 bits per heavy atom. The van der Waals surface area contributed by atoms with Crippen LogP contribution < -0.4 is 16.3 Å². The Hall–Kier alpha value is -3.49. The molecule has 0 atom stereocenters. The number of aromatic nitrogens is 2. The molecule has 2 N–H and O–H groups in total. The maximum atomic E-state index is 12.3. The first-order chi connectivity index (χ1) is 14.6. The van der Waals surface area contributed by atoms with Gasteiger partial charge in [-0.1, -0.05) is 42.6 Å². The van der Waals surface area contributed by atoms with Crippen LogP contribution in [0, 0.1) is 0 Å². The summed E-state index contributed by atoms with van der Waals surface area (Å²) in [6, 6.07) is 8.43. The van der Waals surface area contributed by atoms with Gasteiger partial charge in [-0.15, -0.1) is 0 Å². The van der Waals surface area contributed by atoms with Crippen molar-refractivity contribution >= 4 is 22.8 Å². The summed E-state index contributed by atoms with van der Waals surface area (Å²) in [5.74, 6) is -0.324. The summed E-state index contributed by atoms with van der Waals surface area (Å²) in [6.45, 7) is 0.269. The van der Waals surface area contributed by atoms with Gasteiger partial charge in [-0.05, 0) is 25.0 Å². The highest BCUT2D eigenvalue weighted by atomic mass is 16.5. The number of nitrogens with one attached hydrogen (secondary N) is 2. The van der Waals surface area contributed by atoms with Gasteiger partial charge in [0.1, 0.15) is 11.1 Å². The molecule has 0 bridgehead atoms. The second kappa shape index (κ2) is 8.89. The van der Waals surface area contributed by atoms with E-state index in [-0.39, 0.29) is 30.5 Å². The molecule has 2 heterocycles. The van der Waals surface area contributed by atoms with Crippen molar-refractivity contribution < 1.29 is 18.5 Å². The van der Waals surface area contributed by atoms with Crippen molar-refractivity contribution in [3.63, 3.8) is 0 Å². The molecule has 1 aromatic carbocycles. The minimum absolute atomic E-state index is 0.0860. The number of para-hydroxylation sites is 1. The monoisotopic (exact) mass is 410 g/mol. The van der Waals surface area contributed by atoms with E-state index in [9.17, 15) is 14.4 Å². The van der Waals surface area contributed by atoms with Crippen LogP contribution in [0.3, 0.4) is 0 Å². The second-order valence-electron chi connectivity index (χ2n) is 7.29. The minimum Gasteiger partial charge on any atom is -0.422 e. The Morgan fingerprint density at radius 1 is 1.03 bits per heavy atom. The number of fused-ring (bicyclic) bond motifs is 1. The molecular formula is C21H22N4O5. The summed E-state index contributed by atoms with van der Waals surface area (Å²) in [5.41, 5.74) is -0.385. The van der Waals surface area contributed by atoms with Crippen LogP contribution in [0.2, 0.25) is 0 Å². The van der Waals surface area contributed by atoms with E-state index in [2.05, 4.69) is 20.8 Å². The van der Waals surface area contributed by atoms with Gasteiger partial charge >= 0.3 is 17.4 Å². The topological polar surface area (TPSA) is 127 Å². The number of hydrogen-bond acceptors (Lipinski definition) is 7. The average molecular weight is 410 g/mol. The van der Waals surface area contributed by atoms with Crippen molar-refractivity contribution in [2.75, 3.05) is 13.1 Å². The Balaban J connectivity index is 1.28. The van der Waals surface area contributed by atoms with Crippen LogP contribution in [0.5, 0.6) is 0 Å². The molecule has 0 aliphatic heterocycles. The summed E-state index contributed by atoms with van der Waals surface area (Å²) < 4.78 is 10.2. The molecule has 0 spiro atoms. The molecule has 1 aliphatic rings. The van der Waals surface area contributed by atoms with Gasteiger partial charge in [0.05, 0.1) is 0 Å². The van der Waals surface area contributed by atoms with Crippen LogP contribution in [0.4, 0.5) is 0 Å². The fraction of sp³-hybridized carbons (Fsp3) is 0.381. The standard InChI is InChI=1S/C21H22N4O5/c26-18(15-12-14-8-4-5-9-16(14)29-21(15)28)22-10-11-23-19(27)20-24-17(25-30-20)13-6-2-1-3-7-13/h4-5,8-9,12-13H,1-3,6-7,10-11H2,(H,22,26)(H,23,27). The molecule has 1 saturated carbocycles. The lowest BCUT2D eigenvalue weighted by molar-refractivity contribution is 0.0897. The molecule has 1 aliphatic carbocycles. The maximum Gasteiger partial charge on any atom is 0.349 e. The van der Waals surface area contributed by atoms with Crippen molar-refractivity contribution in [3.8, 4) is 0 Å². The van der Waals surface area contributed by atoms with Gasteiger partial charge in [-0.2, -0.15) is 4.98 Å². The van der Waals surface area contributed by atoms with Crippen molar-refractivity contribution in [1.82, 2.24) is 20.8 Å². The fourth-order valence-electron chi connectivity index (χ4n) is 3.60. The molecule has 0 saturated heterocycles. The van der Waals surface area contributed by atoms with Crippen molar-refractivity contribution in [3.05, 3.63) is 58.0 Å². The highest BCUT2D eigenvalue weighted by molar-refractivity contribution is 5.96. The van der Waals surface area contributed by atoms with Crippen LogP contribution in [0.25, 0.3) is 11.0 Å². The number of amides is 2. The number of rotatable bonds is 6. The summed E-state index contributed by atoms with van der Waals surface area (Å²) >= 11 is 0. The molecule has 156 valence electrons. The molecular weight excluding hydrogens is 388 g/mol. The third-order valence-electron chi connectivity index (χ3n) is 5.19. The number of carbonyl (C=O) groups is 2. The molecule has 9 nitrogen and oxygen atoms in total. The van der Waals surface area contributed by atoms with Crippen molar-refractivity contribution in [1.29, 1.82) is 0 Å². The van der Waals surface area contributed by atoms with Gasteiger partial charge in [0.25, 0.3) is 5.91 Å². The molecule has 30 heavy (non-hydrogen) atoms. The molecule has 0 unspecified atom stereocenters. The second-order valence-corrected chi connectivity index (χ2v) is 7.29. The van der Waals surface area contributed by atoms with E-state index in [1.165, 1.54) is 12.5 Å². The Bertz CT molecular complexity index is 1110.